The van der Waals surface area contributed by atoms with E-state index >= 15 is 0 Å². The molecule has 6 nitrogen and oxygen atoms in total. The van der Waals surface area contributed by atoms with Gasteiger partial charge >= 0.3 is 5.97 Å². The lowest BCUT2D eigenvalue weighted by molar-refractivity contribution is -0.142. The average Bonchev–Trinajstić information content (AvgIpc) is 2.90. The average molecular weight is 257 g/mol. The van der Waals surface area contributed by atoms with Crippen molar-refractivity contribution in [2.75, 3.05) is 18.5 Å². The van der Waals surface area contributed by atoms with E-state index in [1.54, 1.807) is 0 Å². The lowest BCUT2D eigenvalue weighted by atomic mass is 10.00. The first-order valence-corrected chi connectivity index (χ1v) is 6.35. The summed E-state index contributed by atoms with van der Waals surface area (Å²) in [6.07, 6.45) is 2.24. The molecule has 1 aromatic heterocycles. The normalized spacial score (nSPS) is 23.8. The molecule has 1 aromatic rings. The molecule has 1 fully saturated rings. The molecular weight excluding hydrogens is 242 g/mol. The van der Waals surface area contributed by atoms with Gasteiger partial charge in [-0.2, -0.15) is 4.37 Å². The number of hydrogen-bond donors (Lipinski definition) is 2. The number of carboxylic acids is 1. The fourth-order valence-corrected chi connectivity index (χ4v) is 2.43. The molecule has 0 bridgehead atoms. The van der Waals surface area contributed by atoms with Gasteiger partial charge < -0.3 is 15.2 Å². The summed E-state index contributed by atoms with van der Waals surface area (Å²) in [5, 5.41) is 12.8. The molecule has 2 heterocycles. The van der Waals surface area contributed by atoms with Gasteiger partial charge in [0, 0.05) is 31.0 Å². The topological polar surface area (TPSA) is 84.3 Å². The van der Waals surface area contributed by atoms with Crippen LogP contribution in [0.2, 0.25) is 0 Å². The molecule has 0 spiro atoms. The summed E-state index contributed by atoms with van der Waals surface area (Å²) in [6.45, 7) is 2.68. The minimum atomic E-state index is -1.04. The Hall–Kier alpha value is -1.21. The highest BCUT2D eigenvalue weighted by Crippen LogP contribution is 2.25. The standard InChI is InChI=1S/C10H15N3O3S/c1-2-3-7-11-9(17-13-7)12-10(8(14)15)4-5-16-6-10/h2-6H2,1H3,(H,14,15)(H,11,12,13). The Balaban J connectivity index is 2.09. The summed E-state index contributed by atoms with van der Waals surface area (Å²) in [5.74, 6) is -0.137. The number of aryl methyl sites for hydroxylation is 1. The SMILES string of the molecule is CCCc1nsc(NC2(C(=O)O)CCOC2)n1. The van der Waals surface area contributed by atoms with Crippen LogP contribution in [0.4, 0.5) is 5.13 Å². The number of aliphatic carboxylic acids is 1. The third-order valence-corrected chi connectivity index (χ3v) is 3.39. The second-order valence-electron chi connectivity index (χ2n) is 4.08. The number of carbonyl (C=O) groups is 1. The maximum atomic E-state index is 11.3. The van der Waals surface area contributed by atoms with E-state index < -0.39 is 11.5 Å². The van der Waals surface area contributed by atoms with Crippen molar-refractivity contribution in [2.24, 2.45) is 0 Å². The molecule has 0 aromatic carbocycles. The highest BCUT2D eigenvalue weighted by Gasteiger charge is 2.43. The van der Waals surface area contributed by atoms with Crippen LogP contribution in [0.3, 0.4) is 0 Å². The van der Waals surface area contributed by atoms with Crippen LogP contribution in [0, 0.1) is 0 Å². The maximum Gasteiger partial charge on any atom is 0.331 e. The molecule has 0 amide bonds. The zero-order chi connectivity index (χ0) is 12.3. The smallest absolute Gasteiger partial charge is 0.331 e. The van der Waals surface area contributed by atoms with Crippen molar-refractivity contribution in [1.29, 1.82) is 0 Å². The summed E-state index contributed by atoms with van der Waals surface area (Å²) in [7, 11) is 0. The van der Waals surface area contributed by atoms with Crippen LogP contribution in [-0.2, 0) is 16.0 Å². The molecule has 1 unspecified atom stereocenters. The number of nitrogens with one attached hydrogen (secondary N) is 1. The summed E-state index contributed by atoms with van der Waals surface area (Å²) in [4.78, 5) is 15.5. The number of anilines is 1. The first-order chi connectivity index (χ1) is 8.16. The molecule has 1 atom stereocenters. The van der Waals surface area contributed by atoms with Crippen molar-refractivity contribution in [1.82, 2.24) is 9.36 Å². The molecule has 0 saturated carbocycles. The van der Waals surface area contributed by atoms with E-state index in [1.807, 2.05) is 0 Å². The number of hydrogen-bond acceptors (Lipinski definition) is 6. The maximum absolute atomic E-state index is 11.3. The van der Waals surface area contributed by atoms with E-state index in [0.717, 1.165) is 18.7 Å². The largest absolute Gasteiger partial charge is 0.479 e. The summed E-state index contributed by atoms with van der Waals surface area (Å²) < 4.78 is 9.33. The van der Waals surface area contributed by atoms with Gasteiger partial charge in [0.15, 0.2) is 5.54 Å². The Morgan fingerprint density at radius 2 is 2.53 bits per heavy atom. The second-order valence-corrected chi connectivity index (χ2v) is 4.83. The van der Waals surface area contributed by atoms with Crippen molar-refractivity contribution < 1.29 is 14.6 Å². The predicted molar refractivity (Wildman–Crippen MR) is 63.3 cm³/mol. The van der Waals surface area contributed by atoms with Gasteiger partial charge in [0.1, 0.15) is 5.82 Å². The molecule has 94 valence electrons. The molecule has 1 saturated heterocycles. The van der Waals surface area contributed by atoms with Crippen molar-refractivity contribution >= 4 is 22.6 Å². The Morgan fingerprint density at radius 3 is 3.12 bits per heavy atom. The molecule has 2 rings (SSSR count). The fraction of sp³-hybridized carbons (Fsp3) is 0.700. The van der Waals surface area contributed by atoms with Crippen LogP contribution < -0.4 is 5.32 Å². The van der Waals surface area contributed by atoms with Crippen molar-refractivity contribution in [3.05, 3.63) is 5.82 Å². The Labute approximate surface area is 103 Å². The molecule has 7 heteroatoms. The molecule has 1 aliphatic heterocycles. The Morgan fingerprint density at radius 1 is 1.71 bits per heavy atom. The van der Waals surface area contributed by atoms with Gasteiger partial charge in [-0.25, -0.2) is 9.78 Å². The minimum Gasteiger partial charge on any atom is -0.479 e. The van der Waals surface area contributed by atoms with Gasteiger partial charge in [-0.1, -0.05) is 6.92 Å². The van der Waals surface area contributed by atoms with Crippen LogP contribution in [0.15, 0.2) is 0 Å². The van der Waals surface area contributed by atoms with E-state index in [9.17, 15) is 9.90 Å². The minimum absolute atomic E-state index is 0.172. The summed E-state index contributed by atoms with van der Waals surface area (Å²) in [5.41, 5.74) is -1.04. The van der Waals surface area contributed by atoms with Gasteiger partial charge in [-0.15, -0.1) is 0 Å². The zero-order valence-electron chi connectivity index (χ0n) is 9.60. The van der Waals surface area contributed by atoms with E-state index in [2.05, 4.69) is 21.6 Å². The van der Waals surface area contributed by atoms with E-state index in [0.29, 0.717) is 18.2 Å². The monoisotopic (exact) mass is 257 g/mol. The zero-order valence-corrected chi connectivity index (χ0v) is 10.4. The van der Waals surface area contributed by atoms with Crippen LogP contribution >= 0.6 is 11.5 Å². The summed E-state index contributed by atoms with van der Waals surface area (Å²) in [6, 6.07) is 0. The molecule has 2 N–H and O–H groups in total. The Bertz CT molecular complexity index is 401. The van der Waals surface area contributed by atoms with Gasteiger partial charge in [-0.05, 0) is 6.42 Å². The van der Waals surface area contributed by atoms with E-state index in [4.69, 9.17) is 4.74 Å². The number of aromatic nitrogens is 2. The van der Waals surface area contributed by atoms with Gasteiger partial charge in [-0.3, -0.25) is 0 Å². The van der Waals surface area contributed by atoms with Gasteiger partial charge in [0.2, 0.25) is 5.13 Å². The number of ether oxygens (including phenoxy) is 1. The molecular formula is C10H15N3O3S. The Kier molecular flexibility index (Phi) is 3.58. The first kappa shape index (κ1) is 12.3. The molecule has 0 radical (unpaired) electrons. The van der Waals surface area contributed by atoms with Crippen molar-refractivity contribution in [3.63, 3.8) is 0 Å². The molecule has 0 aliphatic carbocycles. The lowest BCUT2D eigenvalue weighted by Gasteiger charge is -2.22. The highest BCUT2D eigenvalue weighted by atomic mass is 32.1. The predicted octanol–water partition coefficient (Wildman–Crippen LogP) is 1.15. The van der Waals surface area contributed by atoms with E-state index in [1.165, 1.54) is 11.5 Å². The molecule has 17 heavy (non-hydrogen) atoms. The third-order valence-electron chi connectivity index (χ3n) is 2.72. The van der Waals surface area contributed by atoms with Crippen LogP contribution in [0.25, 0.3) is 0 Å². The van der Waals surface area contributed by atoms with Gasteiger partial charge in [0.25, 0.3) is 0 Å². The van der Waals surface area contributed by atoms with Crippen LogP contribution in [0.5, 0.6) is 0 Å². The fourth-order valence-electron chi connectivity index (χ4n) is 1.72. The van der Waals surface area contributed by atoms with Crippen molar-refractivity contribution in [2.45, 2.75) is 31.7 Å². The van der Waals surface area contributed by atoms with Crippen molar-refractivity contribution in [3.8, 4) is 0 Å². The van der Waals surface area contributed by atoms with Crippen LogP contribution in [-0.4, -0.2) is 39.2 Å². The van der Waals surface area contributed by atoms with Crippen LogP contribution in [0.1, 0.15) is 25.6 Å². The third kappa shape index (κ3) is 2.55. The number of carboxylic acid groups (broad SMARTS) is 1. The van der Waals surface area contributed by atoms with E-state index in [-0.39, 0.29) is 6.61 Å². The first-order valence-electron chi connectivity index (χ1n) is 5.58. The quantitative estimate of drug-likeness (QED) is 0.823. The number of nitrogens with zero attached hydrogens (tertiary/aromatic N) is 2. The molecule has 1 aliphatic rings. The summed E-state index contributed by atoms with van der Waals surface area (Å²) >= 11 is 1.20. The van der Waals surface area contributed by atoms with Gasteiger partial charge in [0.05, 0.1) is 6.61 Å². The lowest BCUT2D eigenvalue weighted by Crippen LogP contribution is -2.47. The second kappa shape index (κ2) is 4.97. The highest BCUT2D eigenvalue weighted by molar-refractivity contribution is 7.09. The number of rotatable bonds is 5.